The zero-order valence-corrected chi connectivity index (χ0v) is 9.88. The summed E-state index contributed by atoms with van der Waals surface area (Å²) in [6, 6.07) is 0. The van der Waals surface area contributed by atoms with Gasteiger partial charge in [0, 0.05) is 33.4 Å². The smallest absolute Gasteiger partial charge is 0.190 e. The Balaban J connectivity index is 1.85. The highest BCUT2D eigenvalue weighted by molar-refractivity contribution is 5.79. The molecule has 88 valence electrons. The maximum Gasteiger partial charge on any atom is 0.190 e. The van der Waals surface area contributed by atoms with Gasteiger partial charge in [0.1, 0.15) is 0 Å². The Kier molecular flexibility index (Phi) is 6.16. The number of hydrogen-bond donors (Lipinski definition) is 2. The van der Waals surface area contributed by atoms with E-state index in [1.54, 1.807) is 7.05 Å². The van der Waals surface area contributed by atoms with Crippen molar-refractivity contribution in [3.8, 4) is 0 Å². The van der Waals surface area contributed by atoms with Gasteiger partial charge in [0.15, 0.2) is 5.96 Å². The monoisotopic (exact) mass is 213 g/mol. The zero-order valence-electron chi connectivity index (χ0n) is 9.88. The highest BCUT2D eigenvalue weighted by atomic mass is 16.5. The lowest BCUT2D eigenvalue weighted by molar-refractivity contribution is 0.123. The minimum absolute atomic E-state index is 0.854. The molecule has 15 heavy (non-hydrogen) atoms. The van der Waals surface area contributed by atoms with Gasteiger partial charge in [-0.1, -0.05) is 0 Å². The third-order valence-electron chi connectivity index (χ3n) is 2.38. The Morgan fingerprint density at radius 3 is 2.80 bits per heavy atom. The zero-order chi connectivity index (χ0) is 10.9. The fraction of sp³-hybridized carbons (Fsp3) is 0.909. The maximum absolute atomic E-state index is 5.53. The topological polar surface area (TPSA) is 45.7 Å². The minimum Gasteiger partial charge on any atom is -0.381 e. The van der Waals surface area contributed by atoms with Gasteiger partial charge < -0.3 is 15.4 Å². The molecule has 0 spiro atoms. The van der Waals surface area contributed by atoms with Crippen LogP contribution in [0.4, 0.5) is 0 Å². The molecule has 1 fully saturated rings. The van der Waals surface area contributed by atoms with Crippen LogP contribution in [0.3, 0.4) is 0 Å². The predicted octanol–water partition coefficient (Wildman–Crippen LogP) is 0.988. The van der Waals surface area contributed by atoms with Crippen molar-refractivity contribution in [1.29, 1.82) is 0 Å². The van der Waals surface area contributed by atoms with E-state index in [9.17, 15) is 0 Å². The Morgan fingerprint density at radius 1 is 1.40 bits per heavy atom. The molecule has 0 aromatic carbocycles. The molecule has 0 atom stereocenters. The summed E-state index contributed by atoms with van der Waals surface area (Å²) in [5, 5.41) is 6.38. The number of ether oxygens (including phenoxy) is 1. The van der Waals surface area contributed by atoms with E-state index in [2.05, 4.69) is 22.5 Å². The second-order valence-electron chi connectivity index (χ2n) is 3.90. The van der Waals surface area contributed by atoms with Gasteiger partial charge in [-0.25, -0.2) is 0 Å². The Labute approximate surface area is 92.5 Å². The third kappa shape index (κ3) is 6.33. The van der Waals surface area contributed by atoms with Crippen LogP contribution in [-0.4, -0.2) is 39.3 Å². The fourth-order valence-corrected chi connectivity index (χ4v) is 1.30. The summed E-state index contributed by atoms with van der Waals surface area (Å²) in [5.74, 6) is 1.74. The summed E-state index contributed by atoms with van der Waals surface area (Å²) in [6.45, 7) is 5.70. The van der Waals surface area contributed by atoms with E-state index in [1.165, 1.54) is 12.8 Å². The van der Waals surface area contributed by atoms with Crippen molar-refractivity contribution in [2.24, 2.45) is 10.9 Å². The van der Waals surface area contributed by atoms with Gasteiger partial charge >= 0.3 is 0 Å². The van der Waals surface area contributed by atoms with Crippen LogP contribution < -0.4 is 10.6 Å². The average Bonchev–Trinajstić information content (AvgIpc) is 3.05. The molecule has 0 aliphatic heterocycles. The van der Waals surface area contributed by atoms with E-state index >= 15 is 0 Å². The molecule has 2 N–H and O–H groups in total. The van der Waals surface area contributed by atoms with Gasteiger partial charge in [-0.15, -0.1) is 0 Å². The molecule has 0 saturated heterocycles. The maximum atomic E-state index is 5.53. The van der Waals surface area contributed by atoms with E-state index in [1.807, 2.05) is 0 Å². The van der Waals surface area contributed by atoms with Crippen LogP contribution in [0, 0.1) is 5.92 Å². The number of nitrogens with one attached hydrogen (secondary N) is 2. The molecule has 0 heterocycles. The Bertz CT molecular complexity index is 190. The first-order chi connectivity index (χ1) is 7.36. The van der Waals surface area contributed by atoms with Crippen LogP contribution in [-0.2, 0) is 4.74 Å². The molecule has 0 aromatic rings. The van der Waals surface area contributed by atoms with E-state index in [0.717, 1.165) is 44.6 Å². The minimum atomic E-state index is 0.854. The lowest BCUT2D eigenvalue weighted by Crippen LogP contribution is -2.37. The summed E-state index contributed by atoms with van der Waals surface area (Å²) in [5.41, 5.74) is 0. The molecule has 1 rings (SSSR count). The van der Waals surface area contributed by atoms with Gasteiger partial charge in [0.05, 0.1) is 0 Å². The second-order valence-corrected chi connectivity index (χ2v) is 3.90. The summed E-state index contributed by atoms with van der Waals surface area (Å²) >= 11 is 0. The molecule has 0 aromatic heterocycles. The number of guanidine groups is 1. The first-order valence-electron chi connectivity index (χ1n) is 5.89. The van der Waals surface area contributed by atoms with Gasteiger partial charge in [-0.2, -0.15) is 0 Å². The van der Waals surface area contributed by atoms with E-state index < -0.39 is 0 Å². The first-order valence-corrected chi connectivity index (χ1v) is 5.89. The molecule has 1 saturated carbocycles. The number of hydrogen-bond acceptors (Lipinski definition) is 2. The Hall–Kier alpha value is -0.770. The average molecular weight is 213 g/mol. The van der Waals surface area contributed by atoms with E-state index in [4.69, 9.17) is 4.74 Å². The third-order valence-corrected chi connectivity index (χ3v) is 2.38. The van der Waals surface area contributed by atoms with Crippen molar-refractivity contribution in [2.45, 2.75) is 26.2 Å². The highest BCUT2D eigenvalue weighted by Gasteiger charge is 2.20. The van der Waals surface area contributed by atoms with Crippen LogP contribution in [0.1, 0.15) is 26.2 Å². The number of aliphatic imine (C=N–C) groups is 1. The molecular weight excluding hydrogens is 190 g/mol. The molecular formula is C11H23N3O. The van der Waals surface area contributed by atoms with Crippen molar-refractivity contribution in [2.75, 3.05) is 33.4 Å². The summed E-state index contributed by atoms with van der Waals surface area (Å²) in [6.07, 6.45) is 3.77. The van der Waals surface area contributed by atoms with Crippen LogP contribution in [0.15, 0.2) is 4.99 Å². The molecule has 0 unspecified atom stereocenters. The van der Waals surface area contributed by atoms with Gasteiger partial charge in [0.2, 0.25) is 0 Å². The summed E-state index contributed by atoms with van der Waals surface area (Å²) in [4.78, 5) is 4.09. The highest BCUT2D eigenvalue weighted by Crippen LogP contribution is 2.28. The van der Waals surface area contributed by atoms with E-state index in [-0.39, 0.29) is 0 Å². The molecule has 0 amide bonds. The lowest BCUT2D eigenvalue weighted by Gasteiger charge is -2.09. The molecule has 4 heteroatoms. The van der Waals surface area contributed by atoms with Gasteiger partial charge in [0.25, 0.3) is 0 Å². The second kappa shape index (κ2) is 7.51. The van der Waals surface area contributed by atoms with E-state index in [0.29, 0.717) is 0 Å². The van der Waals surface area contributed by atoms with Crippen LogP contribution in [0.5, 0.6) is 0 Å². The summed E-state index contributed by atoms with van der Waals surface area (Å²) in [7, 11) is 1.79. The summed E-state index contributed by atoms with van der Waals surface area (Å²) < 4.78 is 5.53. The quantitative estimate of drug-likeness (QED) is 0.376. The van der Waals surface area contributed by atoms with Crippen molar-refractivity contribution < 1.29 is 4.74 Å². The molecule has 0 bridgehead atoms. The Morgan fingerprint density at radius 2 is 2.20 bits per heavy atom. The lowest BCUT2D eigenvalue weighted by atomic mass is 10.4. The van der Waals surface area contributed by atoms with Crippen LogP contribution in [0.2, 0.25) is 0 Å². The fourth-order valence-electron chi connectivity index (χ4n) is 1.30. The molecule has 1 aliphatic rings. The van der Waals surface area contributed by atoms with Crippen LogP contribution >= 0.6 is 0 Å². The van der Waals surface area contributed by atoms with Crippen molar-refractivity contribution in [3.63, 3.8) is 0 Å². The van der Waals surface area contributed by atoms with Crippen molar-refractivity contribution in [3.05, 3.63) is 0 Å². The van der Waals surface area contributed by atoms with Gasteiger partial charge in [-0.3, -0.25) is 4.99 Å². The largest absolute Gasteiger partial charge is 0.381 e. The predicted molar refractivity (Wildman–Crippen MR) is 63.2 cm³/mol. The first kappa shape index (κ1) is 12.3. The van der Waals surface area contributed by atoms with Crippen LogP contribution in [0.25, 0.3) is 0 Å². The normalized spacial score (nSPS) is 16.5. The standard InChI is InChI=1S/C11H23N3O/c1-3-13-11(12-2)14-7-4-8-15-9-10-5-6-10/h10H,3-9H2,1-2H3,(H2,12,13,14). The number of nitrogens with zero attached hydrogens (tertiary/aromatic N) is 1. The van der Waals surface area contributed by atoms with Gasteiger partial charge in [-0.05, 0) is 32.1 Å². The SMILES string of the molecule is CCNC(=NC)NCCCOCC1CC1. The molecule has 4 nitrogen and oxygen atoms in total. The number of rotatable bonds is 7. The molecule has 1 aliphatic carbocycles. The van der Waals surface area contributed by atoms with Crippen molar-refractivity contribution >= 4 is 5.96 Å². The van der Waals surface area contributed by atoms with Crippen molar-refractivity contribution in [1.82, 2.24) is 10.6 Å². The molecule has 0 radical (unpaired) electrons.